The Bertz CT molecular complexity index is 275. The Morgan fingerprint density at radius 3 is 2.52 bits per heavy atom. The second kappa shape index (κ2) is 11.0. The van der Waals surface area contributed by atoms with Crippen LogP contribution < -0.4 is 10.6 Å². The van der Waals surface area contributed by atoms with E-state index in [4.69, 9.17) is 4.74 Å². The van der Waals surface area contributed by atoms with Gasteiger partial charge >= 0.3 is 0 Å². The van der Waals surface area contributed by atoms with E-state index in [-0.39, 0.29) is 5.91 Å². The van der Waals surface area contributed by atoms with Gasteiger partial charge in [-0.15, -0.1) is 0 Å². The minimum atomic E-state index is 0.181. The lowest BCUT2D eigenvalue weighted by Crippen LogP contribution is -2.45. The minimum Gasteiger partial charge on any atom is -0.383 e. The number of ether oxygens (including phenoxy) is 1. The molecule has 0 aromatic carbocycles. The molecular weight excluding hydrogens is 266 g/mol. The zero-order valence-electron chi connectivity index (χ0n) is 14.0. The molecular formula is C16H33N3O2. The normalized spacial score (nSPS) is 17.3. The number of nitrogens with zero attached hydrogens (tertiary/aromatic N) is 1. The van der Waals surface area contributed by atoms with Crippen molar-refractivity contribution in [3.63, 3.8) is 0 Å². The Labute approximate surface area is 129 Å². The van der Waals surface area contributed by atoms with Gasteiger partial charge in [0.2, 0.25) is 5.91 Å². The van der Waals surface area contributed by atoms with Crippen molar-refractivity contribution in [2.45, 2.75) is 45.6 Å². The lowest BCUT2D eigenvalue weighted by atomic mass is 9.97. The summed E-state index contributed by atoms with van der Waals surface area (Å²) >= 11 is 0. The highest BCUT2D eigenvalue weighted by molar-refractivity contribution is 5.78. The van der Waals surface area contributed by atoms with Crippen LogP contribution in [-0.4, -0.2) is 63.3 Å². The summed E-state index contributed by atoms with van der Waals surface area (Å²) in [6.07, 6.45) is 4.38. The van der Waals surface area contributed by atoms with E-state index in [9.17, 15) is 4.79 Å². The summed E-state index contributed by atoms with van der Waals surface area (Å²) in [5.41, 5.74) is 0. The molecule has 1 amide bonds. The predicted molar refractivity (Wildman–Crippen MR) is 86.4 cm³/mol. The van der Waals surface area contributed by atoms with E-state index in [1.165, 1.54) is 12.8 Å². The predicted octanol–water partition coefficient (Wildman–Crippen LogP) is 1.24. The van der Waals surface area contributed by atoms with Crippen LogP contribution in [0.25, 0.3) is 0 Å². The van der Waals surface area contributed by atoms with Gasteiger partial charge in [0, 0.05) is 19.7 Å². The molecule has 5 heteroatoms. The first-order valence-electron chi connectivity index (χ1n) is 8.40. The number of likely N-dealkylation sites (tertiary alicyclic amines) is 1. The van der Waals surface area contributed by atoms with Crippen molar-refractivity contribution in [2.24, 2.45) is 5.92 Å². The summed E-state index contributed by atoms with van der Waals surface area (Å²) in [5.74, 6) is 0.917. The van der Waals surface area contributed by atoms with Gasteiger partial charge in [-0.05, 0) is 51.2 Å². The average molecular weight is 299 g/mol. The first kappa shape index (κ1) is 18.4. The number of carbonyl (C=O) groups excluding carboxylic acids is 1. The third-order valence-electron chi connectivity index (χ3n) is 4.34. The molecule has 0 unspecified atom stereocenters. The molecule has 0 bridgehead atoms. The maximum Gasteiger partial charge on any atom is 0.234 e. The third-order valence-corrected chi connectivity index (χ3v) is 4.34. The quantitative estimate of drug-likeness (QED) is 0.596. The zero-order valence-corrected chi connectivity index (χ0v) is 14.0. The van der Waals surface area contributed by atoms with E-state index in [0.29, 0.717) is 12.6 Å². The van der Waals surface area contributed by atoms with Crippen molar-refractivity contribution in [1.82, 2.24) is 15.5 Å². The Balaban J connectivity index is 2.13. The van der Waals surface area contributed by atoms with Crippen LogP contribution in [0.2, 0.25) is 0 Å². The molecule has 1 aliphatic heterocycles. The highest BCUT2D eigenvalue weighted by Crippen LogP contribution is 2.15. The number of hydrogen-bond acceptors (Lipinski definition) is 4. The SMILES string of the molecule is CCC(CC)NC(=O)CN1CCC(CNCCOC)CC1. The van der Waals surface area contributed by atoms with E-state index in [1.54, 1.807) is 7.11 Å². The molecule has 0 radical (unpaired) electrons. The van der Waals surface area contributed by atoms with Crippen LogP contribution in [0.4, 0.5) is 0 Å². The van der Waals surface area contributed by atoms with Crippen LogP contribution in [-0.2, 0) is 9.53 Å². The second-order valence-electron chi connectivity index (χ2n) is 6.00. The van der Waals surface area contributed by atoms with Crippen molar-refractivity contribution in [3.05, 3.63) is 0 Å². The molecule has 1 heterocycles. The van der Waals surface area contributed by atoms with Crippen molar-refractivity contribution >= 4 is 5.91 Å². The van der Waals surface area contributed by atoms with Crippen molar-refractivity contribution in [1.29, 1.82) is 0 Å². The van der Waals surface area contributed by atoms with Crippen LogP contribution in [0, 0.1) is 5.92 Å². The van der Waals surface area contributed by atoms with Gasteiger partial charge in [0.25, 0.3) is 0 Å². The third kappa shape index (κ3) is 7.79. The highest BCUT2D eigenvalue weighted by atomic mass is 16.5. The van der Waals surface area contributed by atoms with Crippen LogP contribution in [0.5, 0.6) is 0 Å². The van der Waals surface area contributed by atoms with Crippen LogP contribution in [0.15, 0.2) is 0 Å². The number of nitrogens with one attached hydrogen (secondary N) is 2. The van der Waals surface area contributed by atoms with Gasteiger partial charge in [-0.1, -0.05) is 13.8 Å². The average Bonchev–Trinajstić information content (AvgIpc) is 2.51. The lowest BCUT2D eigenvalue weighted by Gasteiger charge is -2.32. The molecule has 0 saturated carbocycles. The molecule has 0 spiro atoms. The van der Waals surface area contributed by atoms with Gasteiger partial charge in [0.05, 0.1) is 13.2 Å². The Morgan fingerprint density at radius 1 is 1.29 bits per heavy atom. The Kier molecular flexibility index (Phi) is 9.63. The fourth-order valence-electron chi connectivity index (χ4n) is 2.80. The summed E-state index contributed by atoms with van der Waals surface area (Å²) < 4.78 is 5.03. The molecule has 0 aromatic rings. The molecule has 0 aromatic heterocycles. The van der Waals surface area contributed by atoms with Crippen molar-refractivity contribution < 1.29 is 9.53 Å². The standard InChI is InChI=1S/C16H33N3O2/c1-4-15(5-2)18-16(20)13-19-9-6-14(7-10-19)12-17-8-11-21-3/h14-15,17H,4-13H2,1-3H3,(H,18,20). The summed E-state index contributed by atoms with van der Waals surface area (Å²) in [6, 6.07) is 0.333. The molecule has 0 atom stereocenters. The maximum atomic E-state index is 12.0. The summed E-state index contributed by atoms with van der Waals surface area (Å²) in [4.78, 5) is 14.3. The fraction of sp³-hybridized carbons (Fsp3) is 0.938. The second-order valence-corrected chi connectivity index (χ2v) is 6.00. The highest BCUT2D eigenvalue weighted by Gasteiger charge is 2.21. The van der Waals surface area contributed by atoms with Crippen LogP contribution >= 0.6 is 0 Å². The van der Waals surface area contributed by atoms with Gasteiger partial charge in [-0.25, -0.2) is 0 Å². The number of carbonyl (C=O) groups is 1. The summed E-state index contributed by atoms with van der Waals surface area (Å²) in [6.45, 7) is 9.63. The molecule has 1 saturated heterocycles. The summed E-state index contributed by atoms with van der Waals surface area (Å²) in [5, 5.41) is 6.55. The number of hydrogen-bond donors (Lipinski definition) is 2. The number of methoxy groups -OCH3 is 1. The summed E-state index contributed by atoms with van der Waals surface area (Å²) in [7, 11) is 1.73. The molecule has 124 valence electrons. The first-order chi connectivity index (χ1) is 10.2. The van der Waals surface area contributed by atoms with Crippen molar-refractivity contribution in [3.8, 4) is 0 Å². The Hall–Kier alpha value is -0.650. The number of rotatable bonds is 10. The van der Waals surface area contributed by atoms with Crippen LogP contribution in [0.3, 0.4) is 0 Å². The van der Waals surface area contributed by atoms with E-state index < -0.39 is 0 Å². The topological polar surface area (TPSA) is 53.6 Å². The number of amides is 1. The van der Waals surface area contributed by atoms with E-state index >= 15 is 0 Å². The molecule has 2 N–H and O–H groups in total. The molecule has 0 aliphatic carbocycles. The van der Waals surface area contributed by atoms with Gasteiger partial charge in [-0.3, -0.25) is 9.69 Å². The van der Waals surface area contributed by atoms with Gasteiger partial charge in [0.15, 0.2) is 0 Å². The first-order valence-corrected chi connectivity index (χ1v) is 8.40. The lowest BCUT2D eigenvalue weighted by molar-refractivity contribution is -0.123. The van der Waals surface area contributed by atoms with E-state index in [1.807, 2.05) is 0 Å². The molecule has 5 nitrogen and oxygen atoms in total. The largest absolute Gasteiger partial charge is 0.383 e. The smallest absolute Gasteiger partial charge is 0.234 e. The maximum absolute atomic E-state index is 12.0. The minimum absolute atomic E-state index is 0.181. The molecule has 1 aliphatic rings. The monoisotopic (exact) mass is 299 g/mol. The molecule has 1 fully saturated rings. The van der Waals surface area contributed by atoms with Gasteiger partial charge in [-0.2, -0.15) is 0 Å². The fourth-order valence-corrected chi connectivity index (χ4v) is 2.80. The van der Waals surface area contributed by atoms with Crippen molar-refractivity contribution in [2.75, 3.05) is 46.4 Å². The van der Waals surface area contributed by atoms with Crippen LogP contribution in [0.1, 0.15) is 39.5 Å². The number of piperidine rings is 1. The Morgan fingerprint density at radius 2 is 1.95 bits per heavy atom. The van der Waals surface area contributed by atoms with Gasteiger partial charge in [0.1, 0.15) is 0 Å². The molecule has 1 rings (SSSR count). The molecule has 21 heavy (non-hydrogen) atoms. The van der Waals surface area contributed by atoms with E-state index in [0.717, 1.165) is 51.5 Å². The van der Waals surface area contributed by atoms with Gasteiger partial charge < -0.3 is 15.4 Å². The van der Waals surface area contributed by atoms with E-state index in [2.05, 4.69) is 29.4 Å². The zero-order chi connectivity index (χ0) is 15.5.